The van der Waals surface area contributed by atoms with Crippen LogP contribution in [0.3, 0.4) is 0 Å². The highest BCUT2D eigenvalue weighted by Crippen LogP contribution is 2.15. The fourth-order valence-corrected chi connectivity index (χ4v) is 0.884. The van der Waals surface area contributed by atoms with Gasteiger partial charge in [0.1, 0.15) is 0 Å². The minimum Gasteiger partial charge on any atom is -0.286 e. The van der Waals surface area contributed by atoms with Crippen LogP contribution in [0.25, 0.3) is 0 Å². The van der Waals surface area contributed by atoms with E-state index >= 15 is 0 Å². The van der Waals surface area contributed by atoms with Crippen LogP contribution in [0.15, 0.2) is 0 Å². The van der Waals surface area contributed by atoms with Crippen LogP contribution in [0, 0.1) is 0 Å². The molecule has 0 aromatic carbocycles. The Bertz CT molecular complexity index is 140. The zero-order valence-electron chi connectivity index (χ0n) is 6.21. The first-order chi connectivity index (χ1) is 4.50. The van der Waals surface area contributed by atoms with Crippen molar-refractivity contribution in [1.29, 1.82) is 0 Å². The van der Waals surface area contributed by atoms with Crippen molar-refractivity contribution in [2.24, 2.45) is 0 Å². The van der Waals surface area contributed by atoms with Crippen molar-refractivity contribution < 1.29 is 13.0 Å². The second-order valence-electron chi connectivity index (χ2n) is 2.50. The molecule has 0 amide bonds. The molecule has 0 aliphatic heterocycles. The van der Waals surface area contributed by atoms with E-state index in [0.29, 0.717) is 6.26 Å². The molecule has 0 atom stereocenters. The summed E-state index contributed by atoms with van der Waals surface area (Å²) in [5.74, 6) is 0. The van der Waals surface area contributed by atoms with Gasteiger partial charge in [-0.05, 0) is 0 Å². The Morgan fingerprint density at radius 1 is 1.00 bits per heavy atom. The average Bonchev–Trinajstić information content (AvgIpc) is 2.07. The van der Waals surface area contributed by atoms with Crippen molar-refractivity contribution in [3.63, 3.8) is 0 Å². The third kappa shape index (κ3) is 15.7. The first kappa shape index (κ1) is 9.91. The van der Waals surface area contributed by atoms with Gasteiger partial charge in [-0.1, -0.05) is 32.1 Å². The molecule has 1 saturated carbocycles. The Hall–Kier alpha value is -0.0900. The topological polar surface area (TPSA) is 54.4 Å². The third-order valence-corrected chi connectivity index (χ3v) is 1.25. The van der Waals surface area contributed by atoms with Crippen molar-refractivity contribution >= 4 is 10.1 Å². The molecule has 0 saturated heterocycles. The van der Waals surface area contributed by atoms with Gasteiger partial charge in [0.2, 0.25) is 0 Å². The molecule has 0 aromatic rings. The SMILES string of the molecule is C1CCCC1.CS(=O)(=O)O. The van der Waals surface area contributed by atoms with E-state index in [1.807, 2.05) is 0 Å². The van der Waals surface area contributed by atoms with Gasteiger partial charge in [0, 0.05) is 0 Å². The van der Waals surface area contributed by atoms with Crippen molar-refractivity contribution in [2.75, 3.05) is 6.26 Å². The molecule has 3 nitrogen and oxygen atoms in total. The Kier molecular flexibility index (Phi) is 4.64. The summed E-state index contributed by atoms with van der Waals surface area (Å²) in [6, 6.07) is 0. The second kappa shape index (κ2) is 4.68. The lowest BCUT2D eigenvalue weighted by molar-refractivity contribution is 0.490. The van der Waals surface area contributed by atoms with Crippen molar-refractivity contribution in [1.82, 2.24) is 0 Å². The smallest absolute Gasteiger partial charge is 0.261 e. The van der Waals surface area contributed by atoms with E-state index in [2.05, 4.69) is 0 Å². The highest BCUT2D eigenvalue weighted by molar-refractivity contribution is 7.85. The van der Waals surface area contributed by atoms with Crippen LogP contribution in [-0.4, -0.2) is 19.2 Å². The monoisotopic (exact) mass is 166 g/mol. The molecule has 1 rings (SSSR count). The molecule has 1 N–H and O–H groups in total. The lowest BCUT2D eigenvalue weighted by Crippen LogP contribution is -1.88. The highest BCUT2D eigenvalue weighted by Gasteiger charge is 1.95. The van der Waals surface area contributed by atoms with Crippen LogP contribution in [-0.2, 0) is 10.1 Å². The summed E-state index contributed by atoms with van der Waals surface area (Å²) in [5, 5.41) is 0. The minimum absolute atomic E-state index is 0.715. The minimum atomic E-state index is -3.67. The maximum Gasteiger partial charge on any atom is 0.261 e. The third-order valence-electron chi connectivity index (χ3n) is 1.25. The Morgan fingerprint density at radius 3 is 1.20 bits per heavy atom. The molecule has 0 aromatic heterocycles. The number of hydrogen-bond donors (Lipinski definition) is 1. The van der Waals surface area contributed by atoms with Gasteiger partial charge in [-0.15, -0.1) is 0 Å². The maximum atomic E-state index is 9.19. The molecule has 1 fully saturated rings. The molecule has 1 aliphatic rings. The van der Waals surface area contributed by atoms with E-state index in [0.717, 1.165) is 0 Å². The fourth-order valence-electron chi connectivity index (χ4n) is 0.884. The second-order valence-corrected chi connectivity index (χ2v) is 3.97. The molecule has 0 spiro atoms. The van der Waals surface area contributed by atoms with Crippen molar-refractivity contribution in [3.8, 4) is 0 Å². The number of rotatable bonds is 0. The first-order valence-corrected chi connectivity index (χ1v) is 5.27. The predicted molar refractivity (Wildman–Crippen MR) is 40.6 cm³/mol. The largest absolute Gasteiger partial charge is 0.286 e. The van der Waals surface area contributed by atoms with Crippen LogP contribution in [0.4, 0.5) is 0 Å². The summed E-state index contributed by atoms with van der Waals surface area (Å²) in [5.41, 5.74) is 0. The van der Waals surface area contributed by atoms with Crippen LogP contribution >= 0.6 is 0 Å². The molecular formula is C6H14O3S. The van der Waals surface area contributed by atoms with E-state index in [1.165, 1.54) is 32.1 Å². The van der Waals surface area contributed by atoms with Crippen molar-refractivity contribution in [3.05, 3.63) is 0 Å². The fraction of sp³-hybridized carbons (Fsp3) is 1.00. The average molecular weight is 166 g/mol. The molecule has 10 heavy (non-hydrogen) atoms. The standard InChI is InChI=1S/C5H10.CH4O3S/c1-2-4-5-3-1;1-5(2,3)4/h1-5H2;1H3,(H,2,3,4). The maximum absolute atomic E-state index is 9.19. The Balaban J connectivity index is 0.000000162. The molecule has 1 aliphatic carbocycles. The summed E-state index contributed by atoms with van der Waals surface area (Å²) < 4.78 is 25.9. The van der Waals surface area contributed by atoms with Gasteiger partial charge >= 0.3 is 0 Å². The van der Waals surface area contributed by atoms with Gasteiger partial charge < -0.3 is 0 Å². The van der Waals surface area contributed by atoms with Gasteiger partial charge in [0.05, 0.1) is 6.26 Å². The van der Waals surface area contributed by atoms with Gasteiger partial charge in [0.25, 0.3) is 10.1 Å². The van der Waals surface area contributed by atoms with Gasteiger partial charge in [0.15, 0.2) is 0 Å². The van der Waals surface area contributed by atoms with Crippen LogP contribution in [0.2, 0.25) is 0 Å². The summed E-state index contributed by atoms with van der Waals surface area (Å²) in [6.07, 6.45) is 8.22. The normalized spacial score (nSPS) is 17.8. The van der Waals surface area contributed by atoms with Crippen LogP contribution in [0.5, 0.6) is 0 Å². The van der Waals surface area contributed by atoms with Gasteiger partial charge in [-0.3, -0.25) is 4.55 Å². The highest BCUT2D eigenvalue weighted by atomic mass is 32.2. The lowest BCUT2D eigenvalue weighted by atomic mass is 10.4. The molecular weight excluding hydrogens is 152 g/mol. The zero-order chi connectivity index (χ0) is 8.04. The van der Waals surface area contributed by atoms with Crippen LogP contribution < -0.4 is 0 Å². The molecule has 0 heterocycles. The van der Waals surface area contributed by atoms with E-state index in [1.54, 1.807) is 0 Å². The van der Waals surface area contributed by atoms with E-state index in [9.17, 15) is 8.42 Å². The van der Waals surface area contributed by atoms with E-state index in [4.69, 9.17) is 4.55 Å². The van der Waals surface area contributed by atoms with Crippen LogP contribution in [0.1, 0.15) is 32.1 Å². The summed E-state index contributed by atoms with van der Waals surface area (Å²) in [7, 11) is -3.67. The zero-order valence-corrected chi connectivity index (χ0v) is 7.02. The molecule has 62 valence electrons. The van der Waals surface area contributed by atoms with E-state index < -0.39 is 10.1 Å². The molecule has 0 bridgehead atoms. The molecule has 0 radical (unpaired) electrons. The lowest BCUT2D eigenvalue weighted by Gasteiger charge is -1.69. The molecule has 4 heteroatoms. The first-order valence-electron chi connectivity index (χ1n) is 3.42. The van der Waals surface area contributed by atoms with E-state index in [-0.39, 0.29) is 0 Å². The van der Waals surface area contributed by atoms with Gasteiger partial charge in [-0.2, -0.15) is 8.42 Å². The van der Waals surface area contributed by atoms with Gasteiger partial charge in [-0.25, -0.2) is 0 Å². The summed E-state index contributed by atoms with van der Waals surface area (Å²) in [6.45, 7) is 0. The Morgan fingerprint density at radius 2 is 1.10 bits per heavy atom. The Labute approximate surface area is 62.2 Å². The summed E-state index contributed by atoms with van der Waals surface area (Å²) in [4.78, 5) is 0. The van der Waals surface area contributed by atoms with Crippen molar-refractivity contribution in [2.45, 2.75) is 32.1 Å². The summed E-state index contributed by atoms with van der Waals surface area (Å²) >= 11 is 0. The molecule has 0 unspecified atom stereocenters. The quantitative estimate of drug-likeness (QED) is 0.554. The predicted octanol–water partition coefficient (Wildman–Crippen LogP) is 1.45. The number of hydrogen-bond acceptors (Lipinski definition) is 2.